The Labute approximate surface area is 90.4 Å². The monoisotopic (exact) mass is 207 g/mol. The van der Waals surface area contributed by atoms with Crippen molar-refractivity contribution in [1.82, 2.24) is 0 Å². The molecule has 0 aliphatic rings. The second-order valence-corrected chi connectivity index (χ2v) is 4.45. The van der Waals surface area contributed by atoms with Crippen LogP contribution in [0, 0.1) is 0 Å². The maximum Gasteiger partial charge on any atom is 0.122 e. The molecule has 0 fully saturated rings. The smallest absolute Gasteiger partial charge is 0.122 e. The molecule has 1 aromatic rings. The van der Waals surface area contributed by atoms with Gasteiger partial charge in [0.05, 0.1) is 13.3 Å². The van der Waals surface area contributed by atoms with Crippen LogP contribution < -0.4 is 4.74 Å². The van der Waals surface area contributed by atoms with Crippen molar-refractivity contribution in [1.29, 1.82) is 0 Å². The minimum Gasteiger partial charge on any atom is -0.496 e. The Morgan fingerprint density at radius 2 is 2.00 bits per heavy atom. The van der Waals surface area contributed by atoms with Crippen LogP contribution in [0.5, 0.6) is 5.75 Å². The number of benzene rings is 1. The van der Waals surface area contributed by atoms with Crippen LogP contribution in [0.1, 0.15) is 31.9 Å². The summed E-state index contributed by atoms with van der Waals surface area (Å²) in [6, 6.07) is 5.71. The number of methoxy groups -OCH3 is 1. The van der Waals surface area contributed by atoms with E-state index in [0.29, 0.717) is 0 Å². The molecule has 0 aromatic heterocycles. The van der Waals surface area contributed by atoms with Crippen LogP contribution in [0.2, 0.25) is 0 Å². The Kier molecular flexibility index (Phi) is 3.35. The first-order valence-corrected chi connectivity index (χ1v) is 4.85. The Bertz CT molecular complexity index is 364. The first-order valence-electron chi connectivity index (χ1n) is 4.85. The molecule has 0 atom stereocenters. The third-order valence-corrected chi connectivity index (χ3v) is 2.24. The Hall–Kier alpha value is -1.51. The normalized spacial score (nSPS) is 12.0. The van der Waals surface area contributed by atoms with Crippen LogP contribution >= 0.6 is 0 Å². The van der Waals surface area contributed by atoms with Gasteiger partial charge in [0.2, 0.25) is 0 Å². The summed E-state index contributed by atoms with van der Waals surface area (Å²) in [5.74, 6) is 0.859. The summed E-state index contributed by atoms with van der Waals surface area (Å²) in [5.41, 5.74) is 1.97. The summed E-state index contributed by atoms with van der Waals surface area (Å²) in [6.07, 6.45) is 1.41. The van der Waals surface area contributed by atoms with Crippen LogP contribution in [0.4, 0.5) is 0 Å². The molecule has 0 aliphatic carbocycles. The topological polar surface area (TPSA) is 41.8 Å². The van der Waals surface area contributed by atoms with Gasteiger partial charge in [0.1, 0.15) is 5.75 Å². The maximum atomic E-state index is 8.48. The van der Waals surface area contributed by atoms with Gasteiger partial charge >= 0.3 is 0 Å². The molecule has 1 rings (SSSR count). The Morgan fingerprint density at radius 3 is 2.47 bits per heavy atom. The Balaban J connectivity index is 3.25. The molecule has 0 saturated heterocycles. The summed E-state index contributed by atoms with van der Waals surface area (Å²) in [5, 5.41) is 11.5. The molecule has 3 heteroatoms. The average Bonchev–Trinajstić information content (AvgIpc) is 2.17. The highest BCUT2D eigenvalue weighted by Crippen LogP contribution is 2.31. The quantitative estimate of drug-likeness (QED) is 0.460. The van der Waals surface area contributed by atoms with Gasteiger partial charge in [-0.1, -0.05) is 25.9 Å². The van der Waals surface area contributed by atoms with Gasteiger partial charge in [-0.15, -0.1) is 0 Å². The Morgan fingerprint density at radius 1 is 1.33 bits per heavy atom. The van der Waals surface area contributed by atoms with E-state index >= 15 is 0 Å². The molecule has 3 nitrogen and oxygen atoms in total. The van der Waals surface area contributed by atoms with Crippen LogP contribution in [0.15, 0.2) is 23.4 Å². The van der Waals surface area contributed by atoms with Gasteiger partial charge in [0, 0.05) is 5.56 Å². The fraction of sp³-hybridized carbons (Fsp3) is 0.417. The molecule has 0 heterocycles. The number of hydrogen-bond donors (Lipinski definition) is 1. The van der Waals surface area contributed by atoms with Gasteiger partial charge < -0.3 is 9.94 Å². The summed E-state index contributed by atoms with van der Waals surface area (Å²) < 4.78 is 5.30. The van der Waals surface area contributed by atoms with Crippen LogP contribution in [0.25, 0.3) is 0 Å². The zero-order valence-electron chi connectivity index (χ0n) is 9.61. The number of oxime groups is 1. The predicted octanol–water partition coefficient (Wildman–Crippen LogP) is 2.80. The molecule has 1 aromatic carbocycles. The van der Waals surface area contributed by atoms with Crippen molar-refractivity contribution in [2.45, 2.75) is 26.2 Å². The minimum absolute atomic E-state index is 0.00461. The van der Waals surface area contributed by atoms with Crippen molar-refractivity contribution >= 4 is 6.21 Å². The molecule has 0 aliphatic heterocycles. The maximum absolute atomic E-state index is 8.48. The zero-order valence-corrected chi connectivity index (χ0v) is 9.61. The molecule has 0 unspecified atom stereocenters. The second-order valence-electron chi connectivity index (χ2n) is 4.45. The molecule has 0 bridgehead atoms. The van der Waals surface area contributed by atoms with Gasteiger partial charge in [-0.05, 0) is 29.2 Å². The number of ether oxygens (including phenoxy) is 1. The fourth-order valence-electron chi connectivity index (χ4n) is 1.46. The van der Waals surface area contributed by atoms with E-state index in [-0.39, 0.29) is 5.41 Å². The molecule has 0 radical (unpaired) electrons. The van der Waals surface area contributed by atoms with E-state index in [4.69, 9.17) is 9.94 Å². The molecule has 15 heavy (non-hydrogen) atoms. The third-order valence-electron chi connectivity index (χ3n) is 2.24. The second kappa shape index (κ2) is 4.34. The summed E-state index contributed by atoms with van der Waals surface area (Å²) in [7, 11) is 1.66. The highest BCUT2D eigenvalue weighted by atomic mass is 16.5. The molecule has 1 N–H and O–H groups in total. The van der Waals surface area contributed by atoms with Crippen LogP contribution in [-0.4, -0.2) is 18.5 Å². The minimum atomic E-state index is 0.00461. The van der Waals surface area contributed by atoms with E-state index in [2.05, 4.69) is 25.9 Å². The van der Waals surface area contributed by atoms with Gasteiger partial charge in [-0.2, -0.15) is 0 Å². The van der Waals surface area contributed by atoms with E-state index in [1.807, 2.05) is 18.2 Å². The fourth-order valence-corrected chi connectivity index (χ4v) is 1.46. The zero-order chi connectivity index (χ0) is 11.5. The van der Waals surface area contributed by atoms with Gasteiger partial charge in [0.15, 0.2) is 0 Å². The first-order chi connectivity index (χ1) is 6.99. The van der Waals surface area contributed by atoms with E-state index in [9.17, 15) is 0 Å². The molecule has 0 amide bonds. The number of nitrogens with zero attached hydrogens (tertiary/aromatic N) is 1. The predicted molar refractivity (Wildman–Crippen MR) is 61.1 cm³/mol. The lowest BCUT2D eigenvalue weighted by molar-refractivity contribution is 0.322. The molecular formula is C12H17NO2. The van der Waals surface area contributed by atoms with E-state index in [1.165, 1.54) is 6.21 Å². The van der Waals surface area contributed by atoms with E-state index in [0.717, 1.165) is 16.9 Å². The van der Waals surface area contributed by atoms with E-state index < -0.39 is 0 Å². The molecule has 0 spiro atoms. The van der Waals surface area contributed by atoms with E-state index in [1.54, 1.807) is 7.11 Å². The lowest BCUT2D eigenvalue weighted by Gasteiger charge is -2.22. The van der Waals surface area contributed by atoms with Crippen molar-refractivity contribution in [3.05, 3.63) is 29.3 Å². The van der Waals surface area contributed by atoms with Crippen LogP contribution in [-0.2, 0) is 5.41 Å². The van der Waals surface area contributed by atoms with Crippen molar-refractivity contribution in [3.63, 3.8) is 0 Å². The van der Waals surface area contributed by atoms with Crippen molar-refractivity contribution < 1.29 is 9.94 Å². The number of rotatable bonds is 2. The third kappa shape index (κ3) is 2.72. The molecule has 0 saturated carbocycles. The number of hydrogen-bond acceptors (Lipinski definition) is 3. The largest absolute Gasteiger partial charge is 0.496 e. The highest BCUT2D eigenvalue weighted by molar-refractivity contribution is 5.80. The van der Waals surface area contributed by atoms with Gasteiger partial charge in [0.25, 0.3) is 0 Å². The SMILES string of the molecule is COc1ccc(C=NO)cc1C(C)(C)C. The van der Waals surface area contributed by atoms with Crippen molar-refractivity contribution in [2.24, 2.45) is 5.16 Å². The lowest BCUT2D eigenvalue weighted by atomic mass is 9.85. The van der Waals surface area contributed by atoms with Crippen molar-refractivity contribution in [3.8, 4) is 5.75 Å². The lowest BCUT2D eigenvalue weighted by Crippen LogP contribution is -2.13. The average molecular weight is 207 g/mol. The summed E-state index contributed by atoms with van der Waals surface area (Å²) >= 11 is 0. The highest BCUT2D eigenvalue weighted by Gasteiger charge is 2.18. The summed E-state index contributed by atoms with van der Waals surface area (Å²) in [6.45, 7) is 6.35. The van der Waals surface area contributed by atoms with Gasteiger partial charge in [-0.3, -0.25) is 0 Å². The standard InChI is InChI=1S/C12H17NO2/c1-12(2,3)10-7-9(8-13-14)5-6-11(10)15-4/h5-8,14H,1-4H3. The molecular weight excluding hydrogens is 190 g/mol. The first kappa shape index (κ1) is 11.6. The summed E-state index contributed by atoms with van der Waals surface area (Å²) in [4.78, 5) is 0. The van der Waals surface area contributed by atoms with Gasteiger partial charge in [-0.25, -0.2) is 0 Å². The van der Waals surface area contributed by atoms with Crippen molar-refractivity contribution in [2.75, 3.05) is 7.11 Å². The van der Waals surface area contributed by atoms with Crippen LogP contribution in [0.3, 0.4) is 0 Å². The molecule has 82 valence electrons.